The lowest BCUT2D eigenvalue weighted by molar-refractivity contribution is 0.116. The zero-order valence-corrected chi connectivity index (χ0v) is 47.3. The Labute approximate surface area is 484 Å². The van der Waals surface area contributed by atoms with Crippen LogP contribution in [0.15, 0.2) is 254 Å². The molecule has 5 unspecified atom stereocenters. The van der Waals surface area contributed by atoms with Crippen molar-refractivity contribution in [1.82, 2.24) is 0 Å². The molecule has 0 radical (unpaired) electrons. The van der Waals surface area contributed by atoms with Gasteiger partial charge in [-0.1, -0.05) is 216 Å². The van der Waals surface area contributed by atoms with Crippen LogP contribution in [0.25, 0.3) is 55.6 Å². The monoisotopic (exact) mass is 1060 g/mol. The Morgan fingerprint density at radius 3 is 1.52 bits per heavy atom. The van der Waals surface area contributed by atoms with Gasteiger partial charge in [-0.15, -0.1) is 0 Å². The zero-order valence-electron chi connectivity index (χ0n) is 47.3. The van der Waals surface area contributed by atoms with E-state index in [4.69, 9.17) is 0 Å². The molecule has 6 aliphatic rings. The predicted octanol–water partition coefficient (Wildman–Crippen LogP) is 21.4. The number of hydrogen-bond donors (Lipinski definition) is 0. The summed E-state index contributed by atoms with van der Waals surface area (Å²) in [5.41, 5.74) is 28.4. The average molecular weight is 1060 g/mol. The molecule has 2 heteroatoms. The second-order valence-electron chi connectivity index (χ2n) is 25.0. The van der Waals surface area contributed by atoms with E-state index in [1.165, 1.54) is 144 Å². The van der Waals surface area contributed by atoms with Gasteiger partial charge in [-0.3, -0.25) is 0 Å². The molecule has 10 aromatic carbocycles. The molecule has 2 nitrogen and oxygen atoms in total. The van der Waals surface area contributed by atoms with E-state index in [-0.39, 0.29) is 5.41 Å². The number of benzene rings is 10. The van der Waals surface area contributed by atoms with Crippen molar-refractivity contribution in [3.8, 4) is 55.6 Å². The quantitative estimate of drug-likeness (QED) is 0.142. The van der Waals surface area contributed by atoms with Gasteiger partial charge in [0.25, 0.3) is 0 Å². The third-order valence-electron chi connectivity index (χ3n) is 20.2. The van der Waals surface area contributed by atoms with Crippen LogP contribution in [0.3, 0.4) is 0 Å². The van der Waals surface area contributed by atoms with Crippen LogP contribution in [0.2, 0.25) is 0 Å². The van der Waals surface area contributed by atoms with Crippen molar-refractivity contribution in [3.05, 3.63) is 293 Å². The normalized spacial score (nSPS) is 20.9. The van der Waals surface area contributed by atoms with Crippen LogP contribution in [-0.4, -0.2) is 0 Å². The molecule has 0 amide bonds. The molecular weight excluding hydrogens is 989 g/mol. The van der Waals surface area contributed by atoms with Crippen molar-refractivity contribution < 1.29 is 0 Å². The van der Waals surface area contributed by atoms with Crippen LogP contribution < -0.4 is 9.80 Å². The van der Waals surface area contributed by atoms with Crippen molar-refractivity contribution >= 4 is 28.4 Å². The minimum Gasteiger partial charge on any atom is -0.310 e. The molecule has 398 valence electrons. The molecule has 6 aliphatic carbocycles. The van der Waals surface area contributed by atoms with E-state index in [0.29, 0.717) is 11.8 Å². The highest BCUT2D eigenvalue weighted by Gasteiger charge is 2.53. The summed E-state index contributed by atoms with van der Waals surface area (Å²) in [5, 5.41) is 0. The van der Waals surface area contributed by atoms with Gasteiger partial charge in [0, 0.05) is 39.3 Å². The Morgan fingerprint density at radius 2 is 0.915 bits per heavy atom. The third kappa shape index (κ3) is 7.46. The van der Waals surface area contributed by atoms with Gasteiger partial charge in [0.15, 0.2) is 0 Å². The number of allylic oxidation sites excluding steroid dienone is 3. The molecule has 0 aliphatic heterocycles. The minimum atomic E-state index is -0.656. The van der Waals surface area contributed by atoms with E-state index in [9.17, 15) is 0 Å². The molecule has 2 saturated carbocycles. The maximum atomic E-state index is 2.63. The van der Waals surface area contributed by atoms with Crippen molar-refractivity contribution in [2.45, 2.75) is 82.5 Å². The molecule has 5 atom stereocenters. The van der Waals surface area contributed by atoms with Crippen molar-refractivity contribution in [1.29, 1.82) is 0 Å². The molecule has 82 heavy (non-hydrogen) atoms. The van der Waals surface area contributed by atoms with Crippen LogP contribution in [0.5, 0.6) is 0 Å². The van der Waals surface area contributed by atoms with E-state index < -0.39 is 5.41 Å². The summed E-state index contributed by atoms with van der Waals surface area (Å²) < 4.78 is 0. The lowest BCUT2D eigenvalue weighted by Gasteiger charge is -2.44. The summed E-state index contributed by atoms with van der Waals surface area (Å²) >= 11 is 0. The largest absolute Gasteiger partial charge is 0.310 e. The van der Waals surface area contributed by atoms with E-state index in [1.54, 1.807) is 0 Å². The minimum absolute atomic E-state index is 0.110. The van der Waals surface area contributed by atoms with Gasteiger partial charge in [0.2, 0.25) is 0 Å². The molecule has 1 spiro atoms. The lowest BCUT2D eigenvalue weighted by atomic mass is 9.61. The number of rotatable bonds is 9. The smallest absolute Gasteiger partial charge is 0.0727 e. The van der Waals surface area contributed by atoms with Gasteiger partial charge in [-0.2, -0.15) is 0 Å². The Morgan fingerprint density at radius 1 is 0.402 bits per heavy atom. The molecule has 0 aromatic heterocycles. The molecule has 16 rings (SSSR count). The molecule has 2 bridgehead atoms. The van der Waals surface area contributed by atoms with Crippen molar-refractivity contribution in [3.63, 3.8) is 0 Å². The fourth-order valence-electron chi connectivity index (χ4n) is 16.8. The third-order valence-corrected chi connectivity index (χ3v) is 20.2. The second kappa shape index (κ2) is 19.2. The Balaban J connectivity index is 0.960. The summed E-state index contributed by atoms with van der Waals surface area (Å²) in [5.74, 6) is 3.01. The fourth-order valence-corrected chi connectivity index (χ4v) is 16.8. The van der Waals surface area contributed by atoms with Crippen LogP contribution in [-0.2, 0) is 10.8 Å². The highest BCUT2D eigenvalue weighted by atomic mass is 15.2. The van der Waals surface area contributed by atoms with Gasteiger partial charge in [0.05, 0.1) is 16.8 Å². The second-order valence-corrected chi connectivity index (χ2v) is 25.0. The lowest BCUT2D eigenvalue weighted by Crippen LogP contribution is -2.33. The first-order valence-electron chi connectivity index (χ1n) is 30.4. The van der Waals surface area contributed by atoms with Crippen molar-refractivity contribution in [2.75, 3.05) is 9.80 Å². The molecule has 0 saturated heterocycles. The van der Waals surface area contributed by atoms with Crippen molar-refractivity contribution in [2.24, 2.45) is 17.8 Å². The zero-order chi connectivity index (χ0) is 54.7. The van der Waals surface area contributed by atoms with Gasteiger partial charge in [-0.25, -0.2) is 0 Å². The summed E-state index contributed by atoms with van der Waals surface area (Å²) in [6, 6.07) is 88.6. The molecule has 0 N–H and O–H groups in total. The average Bonchev–Trinajstić information content (AvgIpc) is 3.18. The van der Waals surface area contributed by atoms with Crippen LogP contribution >= 0.6 is 0 Å². The number of nitrogens with zero attached hydrogens (tertiary/aromatic N) is 2. The van der Waals surface area contributed by atoms with Gasteiger partial charge in [0.1, 0.15) is 0 Å². The predicted molar refractivity (Wildman–Crippen MR) is 343 cm³/mol. The van der Waals surface area contributed by atoms with E-state index >= 15 is 0 Å². The standard InChI is InChI=1S/C80H68N2/c1-52-45-53-23-22-28-57(46-53)78(52)56-39-41-60(42-40-56)81(58-29-12-6-13-30-58)76-50-74-68(48-65(76)54-24-8-4-9-25-54)63-34-17-20-37-72(63)80(74)73-38-21-18-35-64(73)69-49-66(55-26-10-5-11-27-55)77(51-75(69)80)82(59-31-14-7-15-32-59)61-43-44-71-67(47-61)62-33-16-19-36-70(62)79(71,2)3/h4-5,7-12,14-21,24-27,29-44,47-53,57,78H,6,13,22-23,28,45-46H2,1-3H3. The van der Waals surface area contributed by atoms with Gasteiger partial charge < -0.3 is 9.80 Å². The molecule has 10 aromatic rings. The Bertz CT molecular complexity index is 4190. The topological polar surface area (TPSA) is 6.48 Å². The molecule has 2 fully saturated rings. The van der Waals surface area contributed by atoms with E-state index in [1.807, 2.05) is 0 Å². The number of fused-ring (bicyclic) bond motifs is 15. The van der Waals surface area contributed by atoms with Crippen LogP contribution in [0.1, 0.15) is 111 Å². The van der Waals surface area contributed by atoms with Crippen LogP contribution in [0, 0.1) is 17.8 Å². The fraction of sp³-hybridized carbons (Fsp3) is 0.200. The summed E-state index contributed by atoms with van der Waals surface area (Å²) in [4.78, 5) is 5.16. The van der Waals surface area contributed by atoms with Gasteiger partial charge in [-0.05, 0) is 206 Å². The van der Waals surface area contributed by atoms with Crippen LogP contribution in [0.4, 0.5) is 28.4 Å². The summed E-state index contributed by atoms with van der Waals surface area (Å²) in [6.45, 7) is 7.29. The molecular formula is C80H68N2. The Hall–Kier alpha value is -8.72. The Kier molecular flexibility index (Phi) is 11.5. The number of para-hydroxylation sites is 1. The van der Waals surface area contributed by atoms with E-state index in [0.717, 1.165) is 41.7 Å². The highest BCUT2D eigenvalue weighted by molar-refractivity contribution is 6.03. The first-order chi connectivity index (χ1) is 40.3. The number of anilines is 5. The first kappa shape index (κ1) is 49.1. The number of hydrogen-bond acceptors (Lipinski definition) is 2. The first-order valence-corrected chi connectivity index (χ1v) is 30.4. The highest BCUT2D eigenvalue weighted by Crippen LogP contribution is 2.66. The summed E-state index contributed by atoms with van der Waals surface area (Å²) in [7, 11) is 0. The summed E-state index contributed by atoms with van der Waals surface area (Å²) in [6.07, 6.45) is 16.2. The SMILES string of the molecule is CC1CC2CCCC(C2)C1c1ccc(N(C2=CCCC=C2)c2cc3c(cc2-c2ccccc2)-c2ccccc2C32c3ccccc3-c3cc(-c4ccccc4)c(N(c4ccccc4)c4ccc5c(c4)-c4ccccc4C5(C)C)cc32)cc1. The van der Waals surface area contributed by atoms with E-state index in [2.05, 4.69) is 279 Å². The van der Waals surface area contributed by atoms with Gasteiger partial charge >= 0.3 is 0 Å². The maximum absolute atomic E-state index is 2.63. The maximum Gasteiger partial charge on any atom is 0.0727 e. The molecule has 0 heterocycles.